The summed E-state index contributed by atoms with van der Waals surface area (Å²) in [5.74, 6) is 2.16. The van der Waals surface area contributed by atoms with Crippen LogP contribution in [0.25, 0.3) is 0 Å². The maximum Gasteiger partial charge on any atom is 0.242 e. The van der Waals surface area contributed by atoms with E-state index in [4.69, 9.17) is 11.6 Å². The Morgan fingerprint density at radius 2 is 2.42 bits per heavy atom. The van der Waals surface area contributed by atoms with Crippen molar-refractivity contribution in [2.24, 2.45) is 0 Å². The van der Waals surface area contributed by atoms with Gasteiger partial charge in [0.15, 0.2) is 0 Å². The van der Waals surface area contributed by atoms with Gasteiger partial charge in [0.1, 0.15) is 5.82 Å². The summed E-state index contributed by atoms with van der Waals surface area (Å²) < 4.78 is 0. The summed E-state index contributed by atoms with van der Waals surface area (Å²) >= 11 is 7.55. The van der Waals surface area contributed by atoms with E-state index in [0.717, 1.165) is 5.82 Å². The zero-order valence-corrected chi connectivity index (χ0v) is 8.16. The van der Waals surface area contributed by atoms with Crippen LogP contribution in [-0.2, 0) is 0 Å². The van der Waals surface area contributed by atoms with E-state index >= 15 is 0 Å². The molecule has 0 amide bonds. The van der Waals surface area contributed by atoms with E-state index in [1.807, 2.05) is 11.8 Å². The van der Waals surface area contributed by atoms with Crippen LogP contribution in [0.5, 0.6) is 0 Å². The second kappa shape index (κ2) is 3.66. The molecule has 1 atom stereocenters. The molecule has 66 valence electrons. The molecule has 1 unspecified atom stereocenters. The summed E-state index contributed by atoms with van der Waals surface area (Å²) in [7, 11) is 0. The lowest BCUT2D eigenvalue weighted by atomic mass is 10.2. The molecule has 1 aromatic rings. The molecule has 0 aromatic carbocycles. The van der Waals surface area contributed by atoms with E-state index in [2.05, 4.69) is 15.2 Å². The molecule has 12 heavy (non-hydrogen) atoms. The van der Waals surface area contributed by atoms with Crippen molar-refractivity contribution >= 4 is 23.4 Å². The summed E-state index contributed by atoms with van der Waals surface area (Å²) in [4.78, 5) is 4.11. The Hall–Kier alpha value is -0.220. The van der Waals surface area contributed by atoms with E-state index in [-0.39, 0.29) is 0 Å². The highest BCUT2D eigenvalue weighted by molar-refractivity contribution is 7.99. The highest BCUT2D eigenvalue weighted by Crippen LogP contribution is 2.36. The fourth-order valence-corrected chi connectivity index (χ4v) is 2.74. The van der Waals surface area contributed by atoms with Crippen molar-refractivity contribution in [1.29, 1.82) is 0 Å². The van der Waals surface area contributed by atoms with Crippen molar-refractivity contribution in [3.63, 3.8) is 0 Å². The van der Waals surface area contributed by atoms with E-state index in [1.165, 1.54) is 25.0 Å². The molecular formula is C7H10ClN3S. The van der Waals surface area contributed by atoms with E-state index in [9.17, 15) is 0 Å². The number of hydrogen-bond acceptors (Lipinski definition) is 3. The van der Waals surface area contributed by atoms with Crippen LogP contribution in [0.2, 0.25) is 5.28 Å². The van der Waals surface area contributed by atoms with Gasteiger partial charge in [0, 0.05) is 0 Å². The summed E-state index contributed by atoms with van der Waals surface area (Å²) in [5, 5.41) is 7.48. The Bertz CT molecular complexity index is 257. The molecular weight excluding hydrogens is 194 g/mol. The van der Waals surface area contributed by atoms with E-state index in [1.54, 1.807) is 0 Å². The third-order valence-corrected chi connectivity index (χ3v) is 3.51. The maximum atomic E-state index is 5.62. The number of hydrogen-bond donors (Lipinski definition) is 1. The summed E-state index contributed by atoms with van der Waals surface area (Å²) in [6, 6.07) is 0. The van der Waals surface area contributed by atoms with Crippen LogP contribution in [0.15, 0.2) is 0 Å². The van der Waals surface area contributed by atoms with Crippen molar-refractivity contribution in [2.45, 2.75) is 24.5 Å². The van der Waals surface area contributed by atoms with Gasteiger partial charge in [-0.1, -0.05) is 6.42 Å². The van der Waals surface area contributed by atoms with Crippen LogP contribution in [0.3, 0.4) is 0 Å². The molecule has 0 radical (unpaired) electrons. The standard InChI is InChI=1S/C7H10ClN3S/c8-7-9-6(10-11-7)5-3-1-2-4-12-5/h5H,1-4H2,(H,9,10,11). The molecule has 1 aromatic heterocycles. The second-order valence-electron chi connectivity index (χ2n) is 2.84. The SMILES string of the molecule is Clc1n[nH]c(C2CCCCS2)n1. The van der Waals surface area contributed by atoms with Gasteiger partial charge in [-0.2, -0.15) is 11.8 Å². The molecule has 0 spiro atoms. The zero-order chi connectivity index (χ0) is 8.39. The third-order valence-electron chi connectivity index (χ3n) is 1.96. The molecule has 3 nitrogen and oxygen atoms in total. The molecule has 2 rings (SSSR count). The Balaban J connectivity index is 2.08. The Kier molecular flexibility index (Phi) is 2.56. The molecule has 1 N–H and O–H groups in total. The normalized spacial score (nSPS) is 24.2. The minimum absolute atomic E-state index is 0.330. The number of H-pyrrole nitrogens is 1. The monoisotopic (exact) mass is 203 g/mol. The van der Waals surface area contributed by atoms with Gasteiger partial charge >= 0.3 is 0 Å². The molecule has 1 aliphatic heterocycles. The second-order valence-corrected chi connectivity index (χ2v) is 4.49. The molecule has 5 heteroatoms. The lowest BCUT2D eigenvalue weighted by Gasteiger charge is -2.18. The van der Waals surface area contributed by atoms with Gasteiger partial charge in [0.2, 0.25) is 5.28 Å². The van der Waals surface area contributed by atoms with Crippen LogP contribution in [0.1, 0.15) is 30.3 Å². The highest BCUT2D eigenvalue weighted by Gasteiger charge is 2.18. The van der Waals surface area contributed by atoms with Gasteiger partial charge in [0.25, 0.3) is 0 Å². The van der Waals surface area contributed by atoms with Crippen LogP contribution < -0.4 is 0 Å². The van der Waals surface area contributed by atoms with Crippen molar-refractivity contribution < 1.29 is 0 Å². The quantitative estimate of drug-likeness (QED) is 0.762. The predicted molar refractivity (Wildman–Crippen MR) is 50.4 cm³/mol. The fraction of sp³-hybridized carbons (Fsp3) is 0.714. The van der Waals surface area contributed by atoms with Crippen LogP contribution in [0.4, 0.5) is 0 Å². The molecule has 0 bridgehead atoms. The lowest BCUT2D eigenvalue weighted by molar-refractivity contribution is 0.664. The smallest absolute Gasteiger partial charge is 0.242 e. The highest BCUT2D eigenvalue weighted by atomic mass is 35.5. The van der Waals surface area contributed by atoms with Gasteiger partial charge in [-0.25, -0.2) is 4.98 Å². The van der Waals surface area contributed by atoms with Gasteiger partial charge in [0.05, 0.1) is 5.25 Å². The summed E-state index contributed by atoms with van der Waals surface area (Å²) in [6.45, 7) is 0. The largest absolute Gasteiger partial charge is 0.261 e. The minimum Gasteiger partial charge on any atom is -0.261 e. The van der Waals surface area contributed by atoms with Crippen molar-refractivity contribution in [2.75, 3.05) is 5.75 Å². The molecule has 0 aliphatic carbocycles. The van der Waals surface area contributed by atoms with Gasteiger partial charge in [-0.15, -0.1) is 5.10 Å². The molecule has 2 heterocycles. The van der Waals surface area contributed by atoms with Crippen LogP contribution in [-0.4, -0.2) is 20.9 Å². The van der Waals surface area contributed by atoms with Crippen molar-refractivity contribution in [1.82, 2.24) is 15.2 Å². The number of halogens is 1. The van der Waals surface area contributed by atoms with E-state index in [0.29, 0.717) is 10.5 Å². The number of nitrogens with zero attached hydrogens (tertiary/aromatic N) is 2. The first kappa shape index (κ1) is 8.38. The topological polar surface area (TPSA) is 41.6 Å². The summed E-state index contributed by atoms with van der Waals surface area (Å²) in [6.07, 6.45) is 3.80. The lowest BCUT2D eigenvalue weighted by Crippen LogP contribution is -2.03. The Labute approximate surface area is 80.3 Å². The van der Waals surface area contributed by atoms with Crippen LogP contribution >= 0.6 is 23.4 Å². The predicted octanol–water partition coefficient (Wildman–Crippen LogP) is 2.42. The third kappa shape index (κ3) is 1.75. The van der Waals surface area contributed by atoms with Gasteiger partial charge in [-0.3, -0.25) is 5.10 Å². The minimum atomic E-state index is 0.330. The molecule has 0 saturated carbocycles. The molecule has 1 saturated heterocycles. The van der Waals surface area contributed by atoms with Gasteiger partial charge in [-0.05, 0) is 30.2 Å². The average molecular weight is 204 g/mol. The van der Waals surface area contributed by atoms with Crippen molar-refractivity contribution in [3.05, 3.63) is 11.1 Å². The number of rotatable bonds is 1. The molecule has 1 aliphatic rings. The Morgan fingerprint density at radius 1 is 1.50 bits per heavy atom. The Morgan fingerprint density at radius 3 is 3.00 bits per heavy atom. The molecule has 1 fully saturated rings. The number of nitrogens with one attached hydrogen (secondary N) is 1. The maximum absolute atomic E-state index is 5.62. The zero-order valence-electron chi connectivity index (χ0n) is 6.59. The van der Waals surface area contributed by atoms with Crippen LogP contribution in [0, 0.1) is 0 Å². The number of aromatic amines is 1. The average Bonchev–Trinajstić information content (AvgIpc) is 2.54. The number of thioether (sulfide) groups is 1. The number of aromatic nitrogens is 3. The fourth-order valence-electron chi connectivity index (χ4n) is 1.35. The van der Waals surface area contributed by atoms with Gasteiger partial charge < -0.3 is 0 Å². The first-order valence-corrected chi connectivity index (χ1v) is 5.48. The first-order chi connectivity index (χ1) is 5.86. The first-order valence-electron chi connectivity index (χ1n) is 4.05. The van der Waals surface area contributed by atoms with Crippen molar-refractivity contribution in [3.8, 4) is 0 Å². The summed E-state index contributed by atoms with van der Waals surface area (Å²) in [5.41, 5.74) is 0. The van der Waals surface area contributed by atoms with E-state index < -0.39 is 0 Å².